The van der Waals surface area contributed by atoms with E-state index in [-0.39, 0.29) is 0 Å². The molecule has 2 heteroatoms. The van der Waals surface area contributed by atoms with E-state index in [0.717, 1.165) is 5.06 Å². The first-order valence-electron chi connectivity index (χ1n) is 2.05. The Labute approximate surface area is 42.3 Å². The van der Waals surface area contributed by atoms with E-state index in [1.165, 1.54) is 0 Å². The summed E-state index contributed by atoms with van der Waals surface area (Å²) >= 11 is 0. The molecule has 7 heavy (non-hydrogen) atoms. The fourth-order valence-electron chi connectivity index (χ4n) is 0.390. The summed E-state index contributed by atoms with van der Waals surface area (Å²) in [5.41, 5.74) is 0. The van der Waals surface area contributed by atoms with Crippen molar-refractivity contribution < 1.29 is 5.21 Å². The van der Waals surface area contributed by atoms with Crippen LogP contribution in [0.2, 0.25) is 0 Å². The third-order valence-corrected chi connectivity index (χ3v) is 0.700. The van der Waals surface area contributed by atoms with Gasteiger partial charge >= 0.3 is 0 Å². The summed E-state index contributed by atoms with van der Waals surface area (Å²) < 4.78 is 0. The molecular formula is C5H6NO. The van der Waals surface area contributed by atoms with Gasteiger partial charge in [0.25, 0.3) is 0 Å². The van der Waals surface area contributed by atoms with E-state index in [9.17, 15) is 0 Å². The maximum absolute atomic E-state index is 8.55. The lowest BCUT2D eigenvalue weighted by Crippen LogP contribution is -2.06. The second kappa shape index (κ2) is 1.80. The van der Waals surface area contributed by atoms with Gasteiger partial charge in [-0.2, -0.15) is 0 Å². The molecule has 0 saturated carbocycles. The van der Waals surface area contributed by atoms with Crippen molar-refractivity contribution in [3.05, 3.63) is 31.0 Å². The predicted octanol–water partition coefficient (Wildman–Crippen LogP) is 0.923. The maximum atomic E-state index is 8.55. The van der Waals surface area contributed by atoms with E-state index in [1.54, 1.807) is 24.9 Å². The van der Waals surface area contributed by atoms with Crippen LogP contribution in [0.15, 0.2) is 24.4 Å². The van der Waals surface area contributed by atoms with Crippen LogP contribution in [0.4, 0.5) is 0 Å². The minimum absolute atomic E-state index is 1.00. The predicted molar refractivity (Wildman–Crippen MR) is 26.2 cm³/mol. The lowest BCUT2D eigenvalue weighted by molar-refractivity contribution is -0.00494. The van der Waals surface area contributed by atoms with E-state index < -0.39 is 0 Å². The summed E-state index contributed by atoms with van der Waals surface area (Å²) in [6, 6.07) is 0. The van der Waals surface area contributed by atoms with Crippen LogP contribution in [0.3, 0.4) is 0 Å². The molecule has 1 heterocycles. The Kier molecular flexibility index (Phi) is 1.13. The number of hydrogen-bond donors (Lipinski definition) is 1. The van der Waals surface area contributed by atoms with Crippen LogP contribution in [0.1, 0.15) is 0 Å². The first-order chi connectivity index (χ1) is 3.39. The SMILES string of the molecule is ON1[CH]C=CC=C1. The van der Waals surface area contributed by atoms with Gasteiger partial charge in [0.2, 0.25) is 0 Å². The zero-order valence-electron chi connectivity index (χ0n) is 3.78. The van der Waals surface area contributed by atoms with Gasteiger partial charge in [0, 0.05) is 6.20 Å². The first kappa shape index (κ1) is 4.40. The minimum Gasteiger partial charge on any atom is -0.288 e. The monoisotopic (exact) mass is 96.0 g/mol. The van der Waals surface area contributed by atoms with Crippen molar-refractivity contribution in [2.75, 3.05) is 0 Å². The number of rotatable bonds is 0. The van der Waals surface area contributed by atoms with Crippen molar-refractivity contribution in [1.29, 1.82) is 0 Å². The summed E-state index contributed by atoms with van der Waals surface area (Å²) in [5, 5.41) is 9.55. The van der Waals surface area contributed by atoms with Gasteiger partial charge in [-0.3, -0.25) is 10.3 Å². The normalized spacial score (nSPS) is 18.1. The van der Waals surface area contributed by atoms with Gasteiger partial charge in [-0.25, -0.2) is 0 Å². The Morgan fingerprint density at radius 3 is 2.29 bits per heavy atom. The molecule has 1 rings (SSSR count). The second-order valence-electron chi connectivity index (χ2n) is 1.26. The van der Waals surface area contributed by atoms with Crippen LogP contribution < -0.4 is 0 Å². The van der Waals surface area contributed by atoms with Gasteiger partial charge in [-0.1, -0.05) is 12.2 Å². The zero-order chi connectivity index (χ0) is 5.11. The maximum Gasteiger partial charge on any atom is 0.100 e. The lowest BCUT2D eigenvalue weighted by atomic mass is 10.4. The van der Waals surface area contributed by atoms with E-state index in [4.69, 9.17) is 5.21 Å². The van der Waals surface area contributed by atoms with Crippen molar-refractivity contribution in [2.24, 2.45) is 0 Å². The van der Waals surface area contributed by atoms with Gasteiger partial charge in [-0.05, 0) is 6.08 Å². The summed E-state index contributed by atoms with van der Waals surface area (Å²) in [6.07, 6.45) is 6.90. The van der Waals surface area contributed by atoms with Crippen LogP contribution in [-0.2, 0) is 0 Å². The first-order valence-corrected chi connectivity index (χ1v) is 2.05. The van der Waals surface area contributed by atoms with E-state index >= 15 is 0 Å². The molecular weight excluding hydrogens is 90.1 g/mol. The van der Waals surface area contributed by atoms with Crippen LogP contribution in [-0.4, -0.2) is 10.3 Å². The van der Waals surface area contributed by atoms with Gasteiger partial charge < -0.3 is 0 Å². The molecule has 37 valence electrons. The van der Waals surface area contributed by atoms with Crippen LogP contribution in [0, 0.1) is 6.54 Å². The molecule has 1 aliphatic heterocycles. The van der Waals surface area contributed by atoms with Crippen LogP contribution >= 0.6 is 0 Å². The Hall–Kier alpha value is -0.760. The van der Waals surface area contributed by atoms with E-state index in [2.05, 4.69) is 0 Å². The summed E-state index contributed by atoms with van der Waals surface area (Å²) in [6.45, 7) is 1.56. The van der Waals surface area contributed by atoms with Crippen molar-refractivity contribution in [3.8, 4) is 0 Å². The highest BCUT2D eigenvalue weighted by molar-refractivity contribution is 5.11. The Morgan fingerprint density at radius 1 is 1.14 bits per heavy atom. The molecule has 2 nitrogen and oxygen atoms in total. The van der Waals surface area contributed by atoms with Crippen molar-refractivity contribution in [1.82, 2.24) is 5.06 Å². The van der Waals surface area contributed by atoms with Gasteiger partial charge in [0.15, 0.2) is 0 Å². The number of allylic oxidation sites excluding steroid dienone is 2. The second-order valence-corrected chi connectivity index (χ2v) is 1.26. The van der Waals surface area contributed by atoms with Gasteiger partial charge in [-0.15, -0.1) is 0 Å². The van der Waals surface area contributed by atoms with E-state index in [1.807, 2.05) is 6.08 Å². The Morgan fingerprint density at radius 2 is 2.00 bits per heavy atom. The summed E-state index contributed by atoms with van der Waals surface area (Å²) in [7, 11) is 0. The molecule has 1 aliphatic rings. The number of nitrogens with zero attached hydrogens (tertiary/aromatic N) is 1. The quantitative estimate of drug-likeness (QED) is 0.484. The molecule has 0 unspecified atom stereocenters. The molecule has 0 amide bonds. The fraction of sp³-hybridized carbons (Fsp3) is 0. The highest BCUT2D eigenvalue weighted by Gasteiger charge is 1.89. The third kappa shape index (κ3) is 1.05. The molecule has 0 fully saturated rings. The van der Waals surface area contributed by atoms with Gasteiger partial charge in [0.05, 0.1) is 0 Å². The Bertz CT molecular complexity index is 107. The summed E-state index contributed by atoms with van der Waals surface area (Å²) in [5.74, 6) is 0. The molecule has 0 spiro atoms. The molecule has 0 atom stereocenters. The molecule has 0 saturated heterocycles. The largest absolute Gasteiger partial charge is 0.288 e. The van der Waals surface area contributed by atoms with Crippen molar-refractivity contribution in [2.45, 2.75) is 0 Å². The Balaban J connectivity index is 2.49. The number of hydroxylamine groups is 2. The smallest absolute Gasteiger partial charge is 0.100 e. The third-order valence-electron chi connectivity index (χ3n) is 0.700. The molecule has 0 aromatic heterocycles. The standard InChI is InChI=1S/C5H6NO/c7-6-4-2-1-3-5-6/h1-5,7H. The minimum atomic E-state index is 1.00. The van der Waals surface area contributed by atoms with Crippen molar-refractivity contribution >= 4 is 0 Å². The number of hydrogen-bond acceptors (Lipinski definition) is 2. The molecule has 1 N–H and O–H groups in total. The lowest BCUT2D eigenvalue weighted by Gasteiger charge is -2.08. The molecule has 0 aromatic rings. The topological polar surface area (TPSA) is 23.5 Å². The van der Waals surface area contributed by atoms with Crippen LogP contribution in [0.25, 0.3) is 0 Å². The molecule has 0 bridgehead atoms. The van der Waals surface area contributed by atoms with Crippen LogP contribution in [0.5, 0.6) is 0 Å². The highest BCUT2D eigenvalue weighted by atomic mass is 16.5. The van der Waals surface area contributed by atoms with Crippen molar-refractivity contribution in [3.63, 3.8) is 0 Å². The van der Waals surface area contributed by atoms with E-state index in [0.29, 0.717) is 0 Å². The highest BCUT2D eigenvalue weighted by Crippen LogP contribution is 1.96. The van der Waals surface area contributed by atoms with Gasteiger partial charge in [0.1, 0.15) is 6.54 Å². The fourth-order valence-corrected chi connectivity index (χ4v) is 0.390. The molecule has 0 aliphatic carbocycles. The molecule has 1 radical (unpaired) electrons. The average Bonchev–Trinajstić information content (AvgIpc) is 1.69. The molecule has 0 aromatic carbocycles. The summed E-state index contributed by atoms with van der Waals surface area (Å²) in [4.78, 5) is 0. The average molecular weight is 96.1 g/mol. The zero-order valence-corrected chi connectivity index (χ0v) is 3.78.